The Morgan fingerprint density at radius 3 is 2.60 bits per heavy atom. The zero-order valence-corrected chi connectivity index (χ0v) is 13.3. The van der Waals surface area contributed by atoms with Gasteiger partial charge in [0.05, 0.1) is 0 Å². The standard InChI is InChI=1S/C17H27NOS/c1-2-11-18-15(13-20-17-5-3-4-6-17)12-14-7-9-16(19)10-8-14/h7-10,15,17-19H,2-6,11-13H2,1H3. The van der Waals surface area contributed by atoms with Crippen molar-refractivity contribution in [2.24, 2.45) is 0 Å². The van der Waals surface area contributed by atoms with Gasteiger partial charge in [-0.25, -0.2) is 0 Å². The van der Waals surface area contributed by atoms with Crippen LogP contribution in [0.2, 0.25) is 0 Å². The van der Waals surface area contributed by atoms with Crippen LogP contribution in [0, 0.1) is 0 Å². The molecule has 0 amide bonds. The van der Waals surface area contributed by atoms with Crippen LogP contribution in [0.1, 0.15) is 44.6 Å². The maximum absolute atomic E-state index is 9.36. The minimum atomic E-state index is 0.354. The number of aromatic hydroxyl groups is 1. The lowest BCUT2D eigenvalue weighted by Crippen LogP contribution is -2.34. The molecule has 1 aliphatic rings. The van der Waals surface area contributed by atoms with Crippen LogP contribution in [0.3, 0.4) is 0 Å². The van der Waals surface area contributed by atoms with Gasteiger partial charge in [-0.3, -0.25) is 0 Å². The molecule has 1 saturated carbocycles. The third-order valence-corrected chi connectivity index (χ3v) is 5.47. The Morgan fingerprint density at radius 1 is 1.25 bits per heavy atom. The second-order valence-corrected chi connectivity index (χ2v) is 7.09. The molecule has 2 rings (SSSR count). The first-order valence-electron chi connectivity index (χ1n) is 7.91. The molecule has 1 aromatic carbocycles. The van der Waals surface area contributed by atoms with Crippen LogP contribution in [0.15, 0.2) is 24.3 Å². The monoisotopic (exact) mass is 293 g/mol. The lowest BCUT2D eigenvalue weighted by molar-refractivity contribution is 0.474. The normalized spacial score (nSPS) is 17.4. The van der Waals surface area contributed by atoms with Gasteiger partial charge in [0, 0.05) is 17.0 Å². The van der Waals surface area contributed by atoms with Gasteiger partial charge in [0.1, 0.15) is 5.75 Å². The summed E-state index contributed by atoms with van der Waals surface area (Å²) in [6, 6.07) is 8.20. The lowest BCUT2D eigenvalue weighted by atomic mass is 10.1. The van der Waals surface area contributed by atoms with E-state index in [0.717, 1.165) is 18.2 Å². The van der Waals surface area contributed by atoms with Crippen LogP contribution in [0.4, 0.5) is 0 Å². The van der Waals surface area contributed by atoms with Crippen LogP contribution in [-0.2, 0) is 6.42 Å². The number of phenolic OH excluding ortho intramolecular Hbond substituents is 1. The minimum Gasteiger partial charge on any atom is -0.508 e. The van der Waals surface area contributed by atoms with Gasteiger partial charge in [0.15, 0.2) is 0 Å². The van der Waals surface area contributed by atoms with Crippen molar-refractivity contribution in [3.05, 3.63) is 29.8 Å². The Bertz CT molecular complexity index is 373. The maximum atomic E-state index is 9.36. The molecule has 1 atom stereocenters. The number of hydrogen-bond donors (Lipinski definition) is 2. The molecule has 0 aliphatic heterocycles. The number of phenols is 1. The van der Waals surface area contributed by atoms with Gasteiger partial charge in [-0.2, -0.15) is 11.8 Å². The summed E-state index contributed by atoms with van der Waals surface area (Å²) in [6.45, 7) is 3.31. The molecular weight excluding hydrogens is 266 g/mol. The SMILES string of the molecule is CCCNC(CSC1CCCC1)Cc1ccc(O)cc1. The second-order valence-electron chi connectivity index (χ2n) is 5.76. The molecule has 2 N–H and O–H groups in total. The molecule has 112 valence electrons. The highest BCUT2D eigenvalue weighted by Gasteiger charge is 2.17. The van der Waals surface area contributed by atoms with E-state index in [1.54, 1.807) is 12.1 Å². The summed E-state index contributed by atoms with van der Waals surface area (Å²) in [7, 11) is 0. The molecule has 1 fully saturated rings. The highest BCUT2D eigenvalue weighted by atomic mass is 32.2. The van der Waals surface area contributed by atoms with E-state index in [1.807, 2.05) is 12.1 Å². The highest BCUT2D eigenvalue weighted by molar-refractivity contribution is 7.99. The van der Waals surface area contributed by atoms with Gasteiger partial charge in [-0.05, 0) is 49.9 Å². The number of benzene rings is 1. The van der Waals surface area contributed by atoms with Gasteiger partial charge >= 0.3 is 0 Å². The fraction of sp³-hybridized carbons (Fsp3) is 0.647. The van der Waals surface area contributed by atoms with Crippen molar-refractivity contribution >= 4 is 11.8 Å². The van der Waals surface area contributed by atoms with Gasteiger partial charge in [0.2, 0.25) is 0 Å². The molecular formula is C17H27NOS. The van der Waals surface area contributed by atoms with Crippen LogP contribution in [0.5, 0.6) is 5.75 Å². The third kappa shape index (κ3) is 5.37. The zero-order valence-electron chi connectivity index (χ0n) is 12.5. The lowest BCUT2D eigenvalue weighted by Gasteiger charge is -2.20. The molecule has 20 heavy (non-hydrogen) atoms. The van der Waals surface area contributed by atoms with Crippen molar-refractivity contribution in [1.82, 2.24) is 5.32 Å². The van der Waals surface area contributed by atoms with E-state index in [-0.39, 0.29) is 0 Å². The van der Waals surface area contributed by atoms with Crippen molar-refractivity contribution in [3.8, 4) is 5.75 Å². The molecule has 0 radical (unpaired) electrons. The van der Waals surface area contributed by atoms with Crippen LogP contribution in [0.25, 0.3) is 0 Å². The van der Waals surface area contributed by atoms with E-state index < -0.39 is 0 Å². The van der Waals surface area contributed by atoms with Crippen molar-refractivity contribution in [1.29, 1.82) is 0 Å². The van der Waals surface area contributed by atoms with E-state index in [1.165, 1.54) is 43.4 Å². The first-order chi connectivity index (χ1) is 9.78. The Morgan fingerprint density at radius 2 is 1.95 bits per heavy atom. The van der Waals surface area contributed by atoms with Crippen molar-refractivity contribution < 1.29 is 5.11 Å². The summed E-state index contributed by atoms with van der Waals surface area (Å²) >= 11 is 2.15. The molecule has 0 bridgehead atoms. The summed E-state index contributed by atoms with van der Waals surface area (Å²) in [5.74, 6) is 1.55. The van der Waals surface area contributed by atoms with Crippen LogP contribution >= 0.6 is 11.8 Å². The summed E-state index contributed by atoms with van der Waals surface area (Å²) in [6.07, 6.45) is 7.89. The first kappa shape index (κ1) is 15.7. The van der Waals surface area contributed by atoms with Gasteiger partial charge < -0.3 is 10.4 Å². The van der Waals surface area contributed by atoms with Crippen molar-refractivity contribution in [3.63, 3.8) is 0 Å². The Balaban J connectivity index is 1.83. The van der Waals surface area contributed by atoms with Gasteiger partial charge in [-0.1, -0.05) is 31.9 Å². The van der Waals surface area contributed by atoms with Crippen LogP contribution < -0.4 is 5.32 Å². The summed E-state index contributed by atoms with van der Waals surface area (Å²) < 4.78 is 0. The van der Waals surface area contributed by atoms with E-state index in [4.69, 9.17) is 0 Å². The fourth-order valence-electron chi connectivity index (χ4n) is 2.76. The average Bonchev–Trinajstić information content (AvgIpc) is 2.97. The molecule has 0 aromatic heterocycles. The van der Waals surface area contributed by atoms with Crippen molar-refractivity contribution in [2.75, 3.05) is 12.3 Å². The number of thioether (sulfide) groups is 1. The summed E-state index contributed by atoms with van der Waals surface area (Å²) in [4.78, 5) is 0. The summed E-state index contributed by atoms with van der Waals surface area (Å²) in [5.41, 5.74) is 1.31. The average molecular weight is 293 g/mol. The van der Waals surface area contributed by atoms with E-state index in [2.05, 4.69) is 24.0 Å². The first-order valence-corrected chi connectivity index (χ1v) is 8.95. The quantitative estimate of drug-likeness (QED) is 0.760. The van der Waals surface area contributed by atoms with Gasteiger partial charge in [-0.15, -0.1) is 0 Å². The largest absolute Gasteiger partial charge is 0.508 e. The molecule has 0 spiro atoms. The fourth-order valence-corrected chi connectivity index (χ4v) is 4.17. The smallest absolute Gasteiger partial charge is 0.115 e. The molecule has 1 unspecified atom stereocenters. The number of rotatable bonds is 8. The Hall–Kier alpha value is -0.670. The third-order valence-electron chi connectivity index (χ3n) is 3.94. The van der Waals surface area contributed by atoms with Gasteiger partial charge in [0.25, 0.3) is 0 Å². The molecule has 0 heterocycles. The van der Waals surface area contributed by atoms with E-state index in [9.17, 15) is 5.11 Å². The maximum Gasteiger partial charge on any atom is 0.115 e. The Labute approximate surface area is 127 Å². The molecule has 0 saturated heterocycles. The predicted molar refractivity (Wildman–Crippen MR) is 88.6 cm³/mol. The highest BCUT2D eigenvalue weighted by Crippen LogP contribution is 2.30. The van der Waals surface area contributed by atoms with Crippen molar-refractivity contribution in [2.45, 2.75) is 56.7 Å². The molecule has 1 aromatic rings. The predicted octanol–water partition coefficient (Wildman–Crippen LogP) is 3.98. The van der Waals surface area contributed by atoms with E-state index in [0.29, 0.717) is 11.8 Å². The number of hydrogen-bond acceptors (Lipinski definition) is 3. The summed E-state index contributed by atoms with van der Waals surface area (Å²) in [5, 5.41) is 13.9. The minimum absolute atomic E-state index is 0.354. The topological polar surface area (TPSA) is 32.3 Å². The number of nitrogens with one attached hydrogen (secondary N) is 1. The zero-order chi connectivity index (χ0) is 14.2. The van der Waals surface area contributed by atoms with E-state index >= 15 is 0 Å². The molecule has 3 heteroatoms. The Kier molecular flexibility index (Phi) is 6.74. The van der Waals surface area contributed by atoms with Crippen LogP contribution in [-0.4, -0.2) is 28.7 Å². The molecule has 1 aliphatic carbocycles. The second kappa shape index (κ2) is 8.58. The molecule has 2 nitrogen and oxygen atoms in total.